The van der Waals surface area contributed by atoms with E-state index in [0.29, 0.717) is 17.9 Å². The Labute approximate surface area is 79.3 Å². The summed E-state index contributed by atoms with van der Waals surface area (Å²) in [7, 11) is 0. The quantitative estimate of drug-likeness (QED) is 0.684. The molecule has 13 heavy (non-hydrogen) atoms. The minimum absolute atomic E-state index is 0.114. The lowest BCUT2D eigenvalue weighted by molar-refractivity contribution is -0.147. The van der Waals surface area contributed by atoms with Gasteiger partial charge in [0, 0.05) is 24.5 Å². The summed E-state index contributed by atoms with van der Waals surface area (Å²) in [5, 5.41) is 0. The number of rotatable bonds is 2. The zero-order valence-corrected chi connectivity index (χ0v) is 8.20. The lowest BCUT2D eigenvalue weighted by Crippen LogP contribution is -2.55. The normalized spacial score (nSPS) is 35.2. The number of fused-ring (bicyclic) bond motifs is 3. The number of amides is 1. The first kappa shape index (κ1) is 9.00. The molecule has 0 radical (unpaired) electrons. The van der Waals surface area contributed by atoms with Crippen molar-refractivity contribution >= 4 is 5.91 Å². The number of hydrogen-bond acceptors (Lipinski definition) is 2. The van der Waals surface area contributed by atoms with Crippen LogP contribution in [-0.4, -0.2) is 29.4 Å². The lowest BCUT2D eigenvalue weighted by Gasteiger charge is -2.45. The monoisotopic (exact) mass is 182 g/mol. The van der Waals surface area contributed by atoms with Crippen LogP contribution in [0.2, 0.25) is 0 Å². The Hall–Kier alpha value is -0.570. The first-order valence-corrected chi connectivity index (χ1v) is 5.24. The highest BCUT2D eigenvalue weighted by atomic mass is 16.2. The summed E-state index contributed by atoms with van der Waals surface area (Å²) in [5.41, 5.74) is 5.72. The molecular weight excluding hydrogens is 164 g/mol. The second kappa shape index (κ2) is 3.29. The minimum Gasteiger partial charge on any atom is -0.338 e. The molecule has 3 fully saturated rings. The molecule has 2 heterocycles. The van der Waals surface area contributed by atoms with Gasteiger partial charge < -0.3 is 10.6 Å². The third-order valence-corrected chi connectivity index (χ3v) is 3.25. The maximum atomic E-state index is 11.8. The van der Waals surface area contributed by atoms with Crippen LogP contribution < -0.4 is 5.73 Å². The third-order valence-electron chi connectivity index (χ3n) is 3.25. The minimum atomic E-state index is 0.114. The highest BCUT2D eigenvalue weighted by Gasteiger charge is 2.39. The molecule has 3 aliphatic rings. The van der Waals surface area contributed by atoms with E-state index in [4.69, 9.17) is 5.73 Å². The largest absolute Gasteiger partial charge is 0.338 e. The van der Waals surface area contributed by atoms with Crippen LogP contribution in [0.5, 0.6) is 0 Å². The molecule has 0 aromatic rings. The van der Waals surface area contributed by atoms with E-state index in [-0.39, 0.29) is 6.04 Å². The van der Waals surface area contributed by atoms with Gasteiger partial charge >= 0.3 is 0 Å². The van der Waals surface area contributed by atoms with Crippen molar-refractivity contribution in [1.29, 1.82) is 0 Å². The summed E-state index contributed by atoms with van der Waals surface area (Å²) in [6.07, 6.45) is 4.62. The Kier molecular flexibility index (Phi) is 2.28. The van der Waals surface area contributed by atoms with E-state index in [1.165, 1.54) is 12.8 Å². The van der Waals surface area contributed by atoms with Gasteiger partial charge in [0.1, 0.15) is 0 Å². The van der Waals surface area contributed by atoms with Crippen molar-refractivity contribution in [3.05, 3.63) is 0 Å². The van der Waals surface area contributed by atoms with Crippen molar-refractivity contribution in [3.8, 4) is 0 Å². The Morgan fingerprint density at radius 3 is 2.54 bits per heavy atom. The second-order valence-electron chi connectivity index (χ2n) is 4.47. The van der Waals surface area contributed by atoms with Crippen molar-refractivity contribution in [1.82, 2.24) is 4.90 Å². The number of carbonyl (C=O) groups is 1. The SMILES string of the molecule is C[C@@H](N)CN1C(=O)C2CCC1CC2. The third kappa shape index (κ3) is 1.57. The van der Waals surface area contributed by atoms with E-state index in [1.807, 2.05) is 11.8 Å². The van der Waals surface area contributed by atoms with E-state index in [1.54, 1.807) is 0 Å². The summed E-state index contributed by atoms with van der Waals surface area (Å²) >= 11 is 0. The lowest BCUT2D eigenvalue weighted by atomic mass is 9.79. The maximum absolute atomic E-state index is 11.8. The van der Waals surface area contributed by atoms with Crippen LogP contribution in [-0.2, 0) is 4.79 Å². The summed E-state index contributed by atoms with van der Waals surface area (Å²) in [5.74, 6) is 0.684. The fraction of sp³-hybridized carbons (Fsp3) is 0.900. The average Bonchev–Trinajstić information content (AvgIpc) is 2.11. The maximum Gasteiger partial charge on any atom is 0.225 e. The van der Waals surface area contributed by atoms with Crippen molar-refractivity contribution in [2.24, 2.45) is 11.7 Å². The number of carbonyl (C=O) groups excluding carboxylic acids is 1. The van der Waals surface area contributed by atoms with Crippen molar-refractivity contribution in [2.45, 2.75) is 44.7 Å². The van der Waals surface area contributed by atoms with Crippen LogP contribution in [0.1, 0.15) is 32.6 Å². The molecule has 1 amide bonds. The first-order chi connectivity index (χ1) is 6.18. The van der Waals surface area contributed by atoms with Crippen LogP contribution in [0.25, 0.3) is 0 Å². The van der Waals surface area contributed by atoms with Gasteiger partial charge in [-0.05, 0) is 32.6 Å². The smallest absolute Gasteiger partial charge is 0.225 e. The molecule has 2 bridgehead atoms. The predicted octanol–water partition coefficient (Wildman–Crippen LogP) is 0.735. The van der Waals surface area contributed by atoms with Crippen LogP contribution in [0.3, 0.4) is 0 Å². The van der Waals surface area contributed by atoms with Gasteiger partial charge in [-0.2, -0.15) is 0 Å². The second-order valence-corrected chi connectivity index (χ2v) is 4.47. The van der Waals surface area contributed by atoms with Crippen molar-refractivity contribution < 1.29 is 4.79 Å². The molecule has 3 rings (SSSR count). The van der Waals surface area contributed by atoms with Gasteiger partial charge in [0.15, 0.2) is 0 Å². The fourth-order valence-corrected chi connectivity index (χ4v) is 2.60. The van der Waals surface area contributed by atoms with Crippen LogP contribution in [0.4, 0.5) is 0 Å². The van der Waals surface area contributed by atoms with Crippen LogP contribution in [0.15, 0.2) is 0 Å². The average molecular weight is 182 g/mol. The standard InChI is InChI=1S/C10H18N2O/c1-7(11)6-12-9-4-2-8(3-5-9)10(12)13/h7-9H,2-6,11H2,1H3/t7-,8?,9?/m1/s1. The zero-order valence-electron chi connectivity index (χ0n) is 8.20. The molecule has 2 aliphatic heterocycles. The number of piperidine rings is 2. The van der Waals surface area contributed by atoms with E-state index in [9.17, 15) is 4.79 Å². The van der Waals surface area contributed by atoms with Crippen molar-refractivity contribution in [2.75, 3.05) is 6.54 Å². The molecule has 3 nitrogen and oxygen atoms in total. The van der Waals surface area contributed by atoms with Gasteiger partial charge in [-0.3, -0.25) is 4.79 Å². The van der Waals surface area contributed by atoms with E-state index < -0.39 is 0 Å². The molecule has 0 aromatic carbocycles. The number of hydrogen-bond donors (Lipinski definition) is 1. The number of nitrogens with two attached hydrogens (primary N) is 1. The Balaban J connectivity index is 2.05. The van der Waals surface area contributed by atoms with Crippen LogP contribution >= 0.6 is 0 Å². The van der Waals surface area contributed by atoms with E-state index in [2.05, 4.69) is 0 Å². The molecular formula is C10H18N2O. The van der Waals surface area contributed by atoms with Gasteiger partial charge in [0.25, 0.3) is 0 Å². The first-order valence-electron chi connectivity index (χ1n) is 5.24. The van der Waals surface area contributed by atoms with E-state index in [0.717, 1.165) is 19.4 Å². The number of nitrogens with zero attached hydrogens (tertiary/aromatic N) is 1. The molecule has 2 saturated heterocycles. The highest BCUT2D eigenvalue weighted by molar-refractivity contribution is 5.80. The van der Waals surface area contributed by atoms with Crippen LogP contribution in [0, 0.1) is 5.92 Å². The molecule has 1 atom stereocenters. The van der Waals surface area contributed by atoms with Gasteiger partial charge in [0.05, 0.1) is 0 Å². The summed E-state index contributed by atoms with van der Waals surface area (Å²) in [6.45, 7) is 2.72. The molecule has 0 spiro atoms. The summed E-state index contributed by atoms with van der Waals surface area (Å²) < 4.78 is 0. The zero-order chi connectivity index (χ0) is 9.42. The molecule has 0 unspecified atom stereocenters. The van der Waals surface area contributed by atoms with Gasteiger partial charge in [-0.15, -0.1) is 0 Å². The van der Waals surface area contributed by atoms with Gasteiger partial charge in [-0.1, -0.05) is 0 Å². The molecule has 3 heteroatoms. The van der Waals surface area contributed by atoms with Gasteiger partial charge in [-0.25, -0.2) is 0 Å². The fourth-order valence-electron chi connectivity index (χ4n) is 2.60. The Morgan fingerprint density at radius 1 is 1.46 bits per heavy atom. The van der Waals surface area contributed by atoms with Gasteiger partial charge in [0.2, 0.25) is 5.91 Å². The topological polar surface area (TPSA) is 46.3 Å². The molecule has 1 saturated carbocycles. The predicted molar refractivity (Wildman–Crippen MR) is 51.1 cm³/mol. The highest BCUT2D eigenvalue weighted by Crippen LogP contribution is 2.35. The molecule has 0 aromatic heterocycles. The van der Waals surface area contributed by atoms with E-state index >= 15 is 0 Å². The Bertz CT molecular complexity index is 207. The summed E-state index contributed by atoms with van der Waals surface area (Å²) in [4.78, 5) is 13.8. The molecule has 2 N–H and O–H groups in total. The van der Waals surface area contributed by atoms with Crippen molar-refractivity contribution in [3.63, 3.8) is 0 Å². The Morgan fingerprint density at radius 2 is 2.08 bits per heavy atom. The molecule has 1 aliphatic carbocycles. The molecule has 74 valence electrons. The summed E-state index contributed by atoms with van der Waals surface area (Å²) in [6, 6.07) is 0.617.